The Labute approximate surface area is 115 Å². The van der Waals surface area contributed by atoms with Gasteiger partial charge < -0.3 is 5.32 Å². The van der Waals surface area contributed by atoms with Crippen molar-refractivity contribution in [3.8, 4) is 0 Å². The summed E-state index contributed by atoms with van der Waals surface area (Å²) in [6, 6.07) is 8.08. The number of hydrogen-bond donors (Lipinski definition) is 1. The van der Waals surface area contributed by atoms with Gasteiger partial charge in [0.1, 0.15) is 0 Å². The van der Waals surface area contributed by atoms with Gasteiger partial charge in [0.25, 0.3) is 0 Å². The van der Waals surface area contributed by atoms with Crippen molar-refractivity contribution < 1.29 is 13.2 Å². The highest BCUT2D eigenvalue weighted by Gasteiger charge is 2.32. The molecule has 0 aliphatic rings. The lowest BCUT2D eigenvalue weighted by Gasteiger charge is -2.13. The molecule has 2 rings (SSSR count). The zero-order valence-electron chi connectivity index (χ0n) is 11.0. The van der Waals surface area contributed by atoms with Crippen LogP contribution in [0.1, 0.15) is 16.7 Å². The number of rotatable bonds is 4. The summed E-state index contributed by atoms with van der Waals surface area (Å²) in [7, 11) is 0. The fourth-order valence-corrected chi connectivity index (χ4v) is 1.94. The molecule has 1 aromatic carbocycles. The standard InChI is InChI=1S/C15H15F3N2/c1-11-2-3-13(10-14(11)15(16,17)18)20-9-6-12-4-7-19-8-5-12/h2-5,7-8,10,20H,6,9H2,1H3. The van der Waals surface area contributed by atoms with Gasteiger partial charge in [-0.05, 0) is 48.7 Å². The largest absolute Gasteiger partial charge is 0.416 e. The van der Waals surface area contributed by atoms with E-state index in [1.165, 1.54) is 13.0 Å². The summed E-state index contributed by atoms with van der Waals surface area (Å²) in [4.78, 5) is 3.91. The van der Waals surface area contributed by atoms with Crippen LogP contribution in [-0.2, 0) is 12.6 Å². The Balaban J connectivity index is 2.00. The van der Waals surface area contributed by atoms with Crippen LogP contribution in [0, 0.1) is 6.92 Å². The number of pyridine rings is 1. The van der Waals surface area contributed by atoms with Crippen molar-refractivity contribution in [2.75, 3.05) is 11.9 Å². The zero-order chi connectivity index (χ0) is 14.6. The number of nitrogens with one attached hydrogen (secondary N) is 1. The summed E-state index contributed by atoms with van der Waals surface area (Å²) < 4.78 is 38.3. The Hall–Kier alpha value is -2.04. The molecule has 0 amide bonds. The molecular weight excluding hydrogens is 265 g/mol. The monoisotopic (exact) mass is 280 g/mol. The highest BCUT2D eigenvalue weighted by atomic mass is 19.4. The molecule has 0 saturated heterocycles. The van der Waals surface area contributed by atoms with E-state index in [0.29, 0.717) is 12.2 Å². The zero-order valence-corrected chi connectivity index (χ0v) is 11.0. The van der Waals surface area contributed by atoms with Crippen LogP contribution in [-0.4, -0.2) is 11.5 Å². The van der Waals surface area contributed by atoms with Crippen molar-refractivity contribution in [3.63, 3.8) is 0 Å². The molecule has 0 aliphatic heterocycles. The van der Waals surface area contributed by atoms with Crippen molar-refractivity contribution in [1.82, 2.24) is 4.98 Å². The van der Waals surface area contributed by atoms with Gasteiger partial charge in [0.15, 0.2) is 0 Å². The van der Waals surface area contributed by atoms with E-state index in [1.54, 1.807) is 18.5 Å². The minimum atomic E-state index is -4.31. The van der Waals surface area contributed by atoms with Gasteiger partial charge in [-0.15, -0.1) is 0 Å². The van der Waals surface area contributed by atoms with Gasteiger partial charge in [0.05, 0.1) is 5.56 Å². The predicted octanol–water partition coefficient (Wildman–Crippen LogP) is 4.06. The van der Waals surface area contributed by atoms with E-state index in [2.05, 4.69) is 10.3 Å². The number of anilines is 1. The van der Waals surface area contributed by atoms with Gasteiger partial charge in [-0.1, -0.05) is 6.07 Å². The normalized spacial score (nSPS) is 11.4. The van der Waals surface area contributed by atoms with Crippen molar-refractivity contribution >= 4 is 5.69 Å². The Morgan fingerprint density at radius 3 is 2.45 bits per heavy atom. The summed E-state index contributed by atoms with van der Waals surface area (Å²) in [5, 5.41) is 3.01. The van der Waals surface area contributed by atoms with E-state index >= 15 is 0 Å². The smallest absolute Gasteiger partial charge is 0.385 e. The number of nitrogens with zero attached hydrogens (tertiary/aromatic N) is 1. The summed E-state index contributed by atoms with van der Waals surface area (Å²) in [5.41, 5.74) is 1.22. The molecule has 2 aromatic rings. The number of halogens is 3. The van der Waals surface area contributed by atoms with E-state index < -0.39 is 11.7 Å². The summed E-state index contributed by atoms with van der Waals surface area (Å²) in [6.07, 6.45) is -0.184. The molecule has 0 bridgehead atoms. The highest BCUT2D eigenvalue weighted by Crippen LogP contribution is 2.33. The Morgan fingerprint density at radius 1 is 1.10 bits per heavy atom. The molecule has 0 aliphatic carbocycles. The van der Waals surface area contributed by atoms with Gasteiger partial charge in [0.2, 0.25) is 0 Å². The molecule has 0 radical (unpaired) electrons. The molecule has 0 saturated carbocycles. The first-order valence-corrected chi connectivity index (χ1v) is 6.27. The molecule has 0 spiro atoms. The molecular formula is C15H15F3N2. The van der Waals surface area contributed by atoms with E-state index in [0.717, 1.165) is 18.1 Å². The topological polar surface area (TPSA) is 24.9 Å². The minimum Gasteiger partial charge on any atom is -0.385 e. The third-order valence-electron chi connectivity index (χ3n) is 3.04. The third-order valence-corrected chi connectivity index (χ3v) is 3.04. The van der Waals surface area contributed by atoms with E-state index in [-0.39, 0.29) is 5.56 Å². The first-order chi connectivity index (χ1) is 9.47. The van der Waals surface area contributed by atoms with Crippen LogP contribution < -0.4 is 5.32 Å². The lowest BCUT2D eigenvalue weighted by atomic mass is 10.1. The SMILES string of the molecule is Cc1ccc(NCCc2ccncc2)cc1C(F)(F)F. The second kappa shape index (κ2) is 5.94. The molecule has 1 N–H and O–H groups in total. The van der Waals surface area contributed by atoms with Gasteiger partial charge in [0, 0.05) is 24.6 Å². The number of aryl methyl sites for hydroxylation is 1. The highest BCUT2D eigenvalue weighted by molar-refractivity contribution is 5.49. The predicted molar refractivity (Wildman–Crippen MR) is 72.6 cm³/mol. The number of benzene rings is 1. The Morgan fingerprint density at radius 2 is 1.80 bits per heavy atom. The first-order valence-electron chi connectivity index (χ1n) is 6.27. The molecule has 106 valence electrons. The fourth-order valence-electron chi connectivity index (χ4n) is 1.94. The Kier molecular flexibility index (Phi) is 4.27. The Bertz CT molecular complexity index is 565. The summed E-state index contributed by atoms with van der Waals surface area (Å²) in [5.74, 6) is 0. The number of aromatic nitrogens is 1. The molecule has 5 heteroatoms. The average molecular weight is 280 g/mol. The molecule has 20 heavy (non-hydrogen) atoms. The second-order valence-corrected chi connectivity index (χ2v) is 4.56. The van der Waals surface area contributed by atoms with E-state index in [1.807, 2.05) is 12.1 Å². The fraction of sp³-hybridized carbons (Fsp3) is 0.267. The van der Waals surface area contributed by atoms with Crippen molar-refractivity contribution in [3.05, 3.63) is 59.4 Å². The van der Waals surface area contributed by atoms with Gasteiger partial charge in [-0.25, -0.2) is 0 Å². The van der Waals surface area contributed by atoms with Crippen molar-refractivity contribution in [2.24, 2.45) is 0 Å². The molecule has 0 atom stereocenters. The summed E-state index contributed by atoms with van der Waals surface area (Å²) >= 11 is 0. The van der Waals surface area contributed by atoms with Gasteiger partial charge >= 0.3 is 6.18 Å². The molecule has 2 nitrogen and oxygen atoms in total. The quantitative estimate of drug-likeness (QED) is 0.913. The lowest BCUT2D eigenvalue weighted by Crippen LogP contribution is -2.10. The van der Waals surface area contributed by atoms with Crippen LogP contribution in [0.3, 0.4) is 0 Å². The molecule has 1 heterocycles. The van der Waals surface area contributed by atoms with Gasteiger partial charge in [-0.2, -0.15) is 13.2 Å². The summed E-state index contributed by atoms with van der Waals surface area (Å²) in [6.45, 7) is 2.04. The molecule has 1 aromatic heterocycles. The van der Waals surface area contributed by atoms with Crippen LogP contribution in [0.25, 0.3) is 0 Å². The molecule has 0 unspecified atom stereocenters. The first kappa shape index (κ1) is 14.4. The van der Waals surface area contributed by atoms with Crippen LogP contribution in [0.5, 0.6) is 0 Å². The number of alkyl halides is 3. The van der Waals surface area contributed by atoms with Crippen LogP contribution in [0.2, 0.25) is 0 Å². The number of hydrogen-bond acceptors (Lipinski definition) is 2. The van der Waals surface area contributed by atoms with Crippen molar-refractivity contribution in [1.29, 1.82) is 0 Å². The van der Waals surface area contributed by atoms with E-state index in [9.17, 15) is 13.2 Å². The third kappa shape index (κ3) is 3.73. The maximum absolute atomic E-state index is 12.8. The average Bonchev–Trinajstić information content (AvgIpc) is 2.40. The maximum atomic E-state index is 12.8. The maximum Gasteiger partial charge on any atom is 0.416 e. The van der Waals surface area contributed by atoms with Crippen LogP contribution in [0.4, 0.5) is 18.9 Å². The van der Waals surface area contributed by atoms with Crippen LogP contribution >= 0.6 is 0 Å². The van der Waals surface area contributed by atoms with E-state index in [4.69, 9.17) is 0 Å². The minimum absolute atomic E-state index is 0.234. The van der Waals surface area contributed by atoms with Gasteiger partial charge in [-0.3, -0.25) is 4.98 Å². The molecule has 0 fully saturated rings. The second-order valence-electron chi connectivity index (χ2n) is 4.56. The van der Waals surface area contributed by atoms with Crippen LogP contribution in [0.15, 0.2) is 42.7 Å². The van der Waals surface area contributed by atoms with Crippen molar-refractivity contribution in [2.45, 2.75) is 19.5 Å². The lowest BCUT2D eigenvalue weighted by molar-refractivity contribution is -0.138.